The number of hydrogen-bond donors (Lipinski definition) is 2. The maximum absolute atomic E-state index is 10.6. The number of hydrazone groups is 1. The Balaban J connectivity index is 1.86. The van der Waals surface area contributed by atoms with Gasteiger partial charge in [-0.1, -0.05) is 18.2 Å². The van der Waals surface area contributed by atoms with Gasteiger partial charge in [-0.15, -0.1) is 0 Å². The molecule has 0 bridgehead atoms. The Hall–Kier alpha value is -3.48. The van der Waals surface area contributed by atoms with Crippen LogP contribution in [0.3, 0.4) is 0 Å². The zero-order chi connectivity index (χ0) is 17.1. The molecule has 0 aliphatic heterocycles. The van der Waals surface area contributed by atoms with E-state index in [2.05, 4.69) is 10.5 Å². The predicted molar refractivity (Wildman–Crippen MR) is 91.0 cm³/mol. The summed E-state index contributed by atoms with van der Waals surface area (Å²) in [6, 6.07) is 15.2. The van der Waals surface area contributed by atoms with Gasteiger partial charge in [0.1, 0.15) is 5.58 Å². The van der Waals surface area contributed by atoms with E-state index in [-0.39, 0.29) is 11.2 Å². The zero-order valence-electron chi connectivity index (χ0n) is 12.8. The first kappa shape index (κ1) is 15.4. The third-order valence-corrected chi connectivity index (χ3v) is 3.50. The first-order chi connectivity index (χ1) is 11.5. The minimum absolute atomic E-state index is 0.0167. The van der Waals surface area contributed by atoms with Gasteiger partial charge in [0.2, 0.25) is 5.55 Å². The highest BCUT2D eigenvalue weighted by molar-refractivity contribution is 6.00. The average molecular weight is 322 g/mol. The number of nitro benzene ring substituents is 1. The number of non-ortho nitro benzene ring substituents is 1. The lowest BCUT2D eigenvalue weighted by molar-refractivity contribution is -0.384. The lowest BCUT2D eigenvalue weighted by Gasteiger charge is -2.05. The van der Waals surface area contributed by atoms with Crippen molar-refractivity contribution in [3.05, 3.63) is 75.8 Å². The highest BCUT2D eigenvalue weighted by Crippen LogP contribution is 2.16. The Bertz CT molecular complexity index is 991. The van der Waals surface area contributed by atoms with E-state index < -0.39 is 4.92 Å². The van der Waals surface area contributed by atoms with Gasteiger partial charge in [0.05, 0.1) is 21.9 Å². The van der Waals surface area contributed by atoms with Crippen molar-refractivity contribution in [2.45, 2.75) is 6.92 Å². The number of fused-ring (bicyclic) bond motifs is 1. The van der Waals surface area contributed by atoms with Crippen LogP contribution >= 0.6 is 0 Å². The molecule has 0 fully saturated rings. The molecule has 0 radical (unpaired) electrons. The summed E-state index contributed by atoms with van der Waals surface area (Å²) in [5, 5.41) is 23.7. The fraction of sp³-hybridized carbons (Fsp3) is 0.0588. The van der Waals surface area contributed by atoms with Crippen LogP contribution in [-0.4, -0.2) is 10.6 Å². The molecule has 2 aromatic carbocycles. The monoisotopic (exact) mass is 322 g/mol. The van der Waals surface area contributed by atoms with Crippen molar-refractivity contribution in [2.24, 2.45) is 5.10 Å². The van der Waals surface area contributed by atoms with Crippen molar-refractivity contribution >= 4 is 28.1 Å². The Morgan fingerprint density at radius 1 is 1.21 bits per heavy atom. The van der Waals surface area contributed by atoms with E-state index in [0.717, 1.165) is 5.39 Å². The standard InChI is InChI=1S/C17H14N4O3/c1-11(19-20-13-6-8-14(9-7-13)21(22)23)15-10-12-4-2-3-5-16(12)24-17(15)18/h2-10,18,20H,1H3. The van der Waals surface area contributed by atoms with Crippen molar-refractivity contribution in [3.63, 3.8) is 0 Å². The number of nitrogens with zero attached hydrogens (tertiary/aromatic N) is 2. The third-order valence-electron chi connectivity index (χ3n) is 3.50. The minimum atomic E-state index is -0.457. The minimum Gasteiger partial charge on any atom is -0.438 e. The van der Waals surface area contributed by atoms with Crippen LogP contribution in [0.5, 0.6) is 0 Å². The van der Waals surface area contributed by atoms with Crippen molar-refractivity contribution < 1.29 is 9.34 Å². The Kier molecular flexibility index (Phi) is 4.07. The number of benzene rings is 2. The van der Waals surface area contributed by atoms with Crippen LogP contribution in [0.25, 0.3) is 11.0 Å². The SMILES string of the molecule is CC(=NNc1ccc([N+](=O)[O-])cc1)c1cc2ccccc2oc1=N. The molecule has 2 N–H and O–H groups in total. The lowest BCUT2D eigenvalue weighted by Crippen LogP contribution is -2.13. The lowest BCUT2D eigenvalue weighted by atomic mass is 10.1. The molecule has 24 heavy (non-hydrogen) atoms. The smallest absolute Gasteiger partial charge is 0.269 e. The molecule has 3 rings (SSSR count). The molecule has 0 amide bonds. The van der Waals surface area contributed by atoms with Gasteiger partial charge in [-0.2, -0.15) is 5.10 Å². The predicted octanol–water partition coefficient (Wildman–Crippen LogP) is 3.66. The Labute approximate surface area is 136 Å². The van der Waals surface area contributed by atoms with E-state index in [1.807, 2.05) is 24.3 Å². The maximum atomic E-state index is 10.6. The highest BCUT2D eigenvalue weighted by Gasteiger charge is 2.06. The number of nitrogens with one attached hydrogen (secondary N) is 2. The van der Waals surface area contributed by atoms with Gasteiger partial charge >= 0.3 is 0 Å². The first-order valence-corrected chi connectivity index (χ1v) is 7.17. The van der Waals surface area contributed by atoms with Crippen LogP contribution in [0.2, 0.25) is 0 Å². The van der Waals surface area contributed by atoms with Gasteiger partial charge in [0.15, 0.2) is 0 Å². The van der Waals surface area contributed by atoms with Crippen LogP contribution in [0.15, 0.2) is 64.1 Å². The third kappa shape index (κ3) is 3.14. The fourth-order valence-corrected chi connectivity index (χ4v) is 2.21. The van der Waals surface area contributed by atoms with Crippen molar-refractivity contribution in [2.75, 3.05) is 5.43 Å². The molecule has 0 unspecified atom stereocenters. The number of anilines is 1. The normalized spacial score (nSPS) is 11.5. The second-order valence-electron chi connectivity index (χ2n) is 5.14. The molecular weight excluding hydrogens is 308 g/mol. The second kappa shape index (κ2) is 6.33. The molecule has 0 saturated heterocycles. The van der Waals surface area contributed by atoms with Crippen molar-refractivity contribution in [3.8, 4) is 0 Å². The van der Waals surface area contributed by atoms with Crippen molar-refractivity contribution in [1.82, 2.24) is 0 Å². The van der Waals surface area contributed by atoms with Gasteiger partial charge in [-0.05, 0) is 31.2 Å². The summed E-state index contributed by atoms with van der Waals surface area (Å²) in [5.41, 5.74) is 5.27. The highest BCUT2D eigenvalue weighted by atomic mass is 16.6. The largest absolute Gasteiger partial charge is 0.438 e. The average Bonchev–Trinajstić information content (AvgIpc) is 2.59. The van der Waals surface area contributed by atoms with Crippen LogP contribution in [-0.2, 0) is 0 Å². The number of para-hydroxylation sites is 1. The molecule has 120 valence electrons. The Morgan fingerprint density at radius 3 is 2.62 bits per heavy atom. The molecule has 0 saturated carbocycles. The second-order valence-corrected chi connectivity index (χ2v) is 5.14. The van der Waals surface area contributed by atoms with Gasteiger partial charge in [-0.25, -0.2) is 0 Å². The van der Waals surface area contributed by atoms with Crippen LogP contribution in [0.4, 0.5) is 11.4 Å². The van der Waals surface area contributed by atoms with Gasteiger partial charge < -0.3 is 4.42 Å². The molecule has 0 spiro atoms. The summed E-state index contributed by atoms with van der Waals surface area (Å²) in [6.45, 7) is 1.76. The van der Waals surface area contributed by atoms with E-state index in [1.165, 1.54) is 12.1 Å². The van der Waals surface area contributed by atoms with Gasteiger partial charge in [0.25, 0.3) is 5.69 Å². The fourth-order valence-electron chi connectivity index (χ4n) is 2.21. The molecule has 0 aliphatic carbocycles. The van der Waals surface area contributed by atoms with E-state index >= 15 is 0 Å². The maximum Gasteiger partial charge on any atom is 0.269 e. The summed E-state index contributed by atoms with van der Waals surface area (Å²) in [5.74, 6) is 0. The molecule has 1 heterocycles. The van der Waals surface area contributed by atoms with E-state index in [4.69, 9.17) is 9.83 Å². The summed E-state index contributed by atoms with van der Waals surface area (Å²) in [4.78, 5) is 10.2. The van der Waals surface area contributed by atoms with E-state index in [0.29, 0.717) is 22.5 Å². The molecule has 0 atom stereocenters. The molecule has 0 aliphatic rings. The number of rotatable bonds is 4. The summed E-state index contributed by atoms with van der Waals surface area (Å²) >= 11 is 0. The molecule has 7 heteroatoms. The summed E-state index contributed by atoms with van der Waals surface area (Å²) < 4.78 is 5.49. The summed E-state index contributed by atoms with van der Waals surface area (Å²) in [7, 11) is 0. The van der Waals surface area contributed by atoms with Gasteiger partial charge in [0, 0.05) is 17.5 Å². The molecule has 3 aromatic rings. The quantitative estimate of drug-likeness (QED) is 0.434. The number of hydrogen-bond acceptors (Lipinski definition) is 6. The van der Waals surface area contributed by atoms with Gasteiger partial charge in [-0.3, -0.25) is 20.9 Å². The first-order valence-electron chi connectivity index (χ1n) is 7.17. The van der Waals surface area contributed by atoms with Crippen molar-refractivity contribution in [1.29, 1.82) is 5.41 Å². The van der Waals surface area contributed by atoms with E-state index in [1.54, 1.807) is 25.1 Å². The Morgan fingerprint density at radius 2 is 1.92 bits per heavy atom. The zero-order valence-corrected chi connectivity index (χ0v) is 12.8. The van der Waals surface area contributed by atoms with Crippen LogP contribution < -0.4 is 11.0 Å². The topological polar surface area (TPSA) is 105 Å². The molecular formula is C17H14N4O3. The summed E-state index contributed by atoms with van der Waals surface area (Å²) in [6.07, 6.45) is 0. The molecule has 1 aromatic heterocycles. The van der Waals surface area contributed by atoms with E-state index in [9.17, 15) is 10.1 Å². The number of nitro groups is 1. The van der Waals surface area contributed by atoms with Crippen LogP contribution in [0.1, 0.15) is 12.5 Å². The van der Waals surface area contributed by atoms with Crippen LogP contribution in [0, 0.1) is 15.5 Å². The molecule has 7 nitrogen and oxygen atoms in total.